The van der Waals surface area contributed by atoms with Gasteiger partial charge in [-0.3, -0.25) is 0 Å². The van der Waals surface area contributed by atoms with Gasteiger partial charge in [0.15, 0.2) is 5.82 Å². The largest absolute Gasteiger partial charge is 0.384 e. The molecule has 4 heteroatoms. The number of nitrogen functional groups attached to an aromatic ring is 1. The molecule has 0 aliphatic carbocycles. The Hall–Kier alpha value is -1.16. The highest BCUT2D eigenvalue weighted by atomic mass is 16.5. The van der Waals surface area contributed by atoms with Crippen LogP contribution in [0.3, 0.4) is 0 Å². The van der Waals surface area contributed by atoms with E-state index in [1.165, 1.54) is 0 Å². The smallest absolute Gasteiger partial charge is 0.159 e. The van der Waals surface area contributed by atoms with Crippen molar-refractivity contribution in [1.82, 2.24) is 9.97 Å². The molecule has 4 nitrogen and oxygen atoms in total. The summed E-state index contributed by atoms with van der Waals surface area (Å²) >= 11 is 0. The fourth-order valence-electron chi connectivity index (χ4n) is 0.904. The quantitative estimate of drug-likeness (QED) is 0.715. The molecule has 0 spiro atoms. The van der Waals surface area contributed by atoms with Crippen LogP contribution in [0.4, 0.5) is 5.82 Å². The van der Waals surface area contributed by atoms with Crippen molar-refractivity contribution in [2.45, 2.75) is 20.0 Å². The number of aromatic nitrogens is 2. The maximum absolute atomic E-state index is 5.55. The van der Waals surface area contributed by atoms with E-state index < -0.39 is 0 Å². The number of ether oxygens (including phenoxy) is 1. The summed E-state index contributed by atoms with van der Waals surface area (Å²) in [7, 11) is 1.62. The number of methoxy groups -OCH3 is 1. The van der Waals surface area contributed by atoms with Crippen LogP contribution in [0.5, 0.6) is 0 Å². The van der Waals surface area contributed by atoms with Gasteiger partial charge >= 0.3 is 0 Å². The Kier molecular flexibility index (Phi) is 2.60. The fraction of sp³-hybridized carbons (Fsp3) is 0.500. The Labute approximate surface area is 71.8 Å². The Morgan fingerprint density at radius 1 is 1.50 bits per heavy atom. The van der Waals surface area contributed by atoms with Gasteiger partial charge < -0.3 is 10.5 Å². The van der Waals surface area contributed by atoms with Crippen LogP contribution < -0.4 is 5.73 Å². The van der Waals surface area contributed by atoms with Crippen molar-refractivity contribution in [3.8, 4) is 0 Å². The number of aryl methyl sites for hydroxylation is 1. The first-order chi connectivity index (χ1) is 5.63. The van der Waals surface area contributed by atoms with Crippen LogP contribution in [0.1, 0.15) is 24.5 Å². The molecule has 2 N–H and O–H groups in total. The van der Waals surface area contributed by atoms with Gasteiger partial charge in [-0.05, 0) is 13.8 Å². The maximum atomic E-state index is 5.55. The zero-order valence-electron chi connectivity index (χ0n) is 7.53. The number of nitrogens with two attached hydrogens (primary N) is 1. The lowest BCUT2D eigenvalue weighted by atomic mass is 10.3. The van der Waals surface area contributed by atoms with Gasteiger partial charge in [0, 0.05) is 18.9 Å². The molecule has 0 fully saturated rings. The molecule has 1 heterocycles. The average molecular weight is 167 g/mol. The summed E-state index contributed by atoms with van der Waals surface area (Å²) in [5, 5.41) is 0. The minimum Gasteiger partial charge on any atom is -0.384 e. The Morgan fingerprint density at radius 3 is 2.67 bits per heavy atom. The Morgan fingerprint density at radius 2 is 2.17 bits per heavy atom. The van der Waals surface area contributed by atoms with E-state index >= 15 is 0 Å². The molecule has 66 valence electrons. The first-order valence-corrected chi connectivity index (χ1v) is 3.77. The molecule has 0 unspecified atom stereocenters. The van der Waals surface area contributed by atoms with Gasteiger partial charge in [-0.15, -0.1) is 0 Å². The van der Waals surface area contributed by atoms with Crippen LogP contribution in [-0.4, -0.2) is 17.1 Å². The highest BCUT2D eigenvalue weighted by Crippen LogP contribution is 2.12. The van der Waals surface area contributed by atoms with E-state index in [1.807, 2.05) is 13.8 Å². The normalized spacial score (nSPS) is 12.9. The third-order valence-corrected chi connectivity index (χ3v) is 1.61. The lowest BCUT2D eigenvalue weighted by Crippen LogP contribution is -2.06. The summed E-state index contributed by atoms with van der Waals surface area (Å²) in [6.45, 7) is 3.76. The summed E-state index contributed by atoms with van der Waals surface area (Å²) in [5.74, 6) is 1.12. The fourth-order valence-corrected chi connectivity index (χ4v) is 0.904. The molecule has 1 rings (SSSR count). The highest BCUT2D eigenvalue weighted by molar-refractivity contribution is 5.29. The van der Waals surface area contributed by atoms with E-state index in [4.69, 9.17) is 10.5 Å². The molecule has 0 saturated carbocycles. The highest BCUT2D eigenvalue weighted by Gasteiger charge is 2.07. The van der Waals surface area contributed by atoms with Crippen molar-refractivity contribution in [3.63, 3.8) is 0 Å². The van der Waals surface area contributed by atoms with Gasteiger partial charge in [-0.2, -0.15) is 0 Å². The predicted molar refractivity (Wildman–Crippen MR) is 46.6 cm³/mol. The minimum absolute atomic E-state index is 0.104. The second-order valence-electron chi connectivity index (χ2n) is 2.67. The van der Waals surface area contributed by atoms with Crippen LogP contribution >= 0.6 is 0 Å². The van der Waals surface area contributed by atoms with Gasteiger partial charge in [0.25, 0.3) is 0 Å². The van der Waals surface area contributed by atoms with Crippen LogP contribution in [-0.2, 0) is 4.74 Å². The lowest BCUT2D eigenvalue weighted by Gasteiger charge is -2.08. The van der Waals surface area contributed by atoms with Crippen LogP contribution in [0, 0.1) is 6.92 Å². The average Bonchev–Trinajstić information content (AvgIpc) is 2.01. The molecule has 1 aromatic rings. The Bertz CT molecular complexity index is 255. The minimum atomic E-state index is -0.104. The summed E-state index contributed by atoms with van der Waals surface area (Å²) < 4.78 is 5.07. The van der Waals surface area contributed by atoms with Gasteiger partial charge in [-0.1, -0.05) is 0 Å². The molecule has 1 atom stereocenters. The SMILES string of the molecule is CO[C@H](C)c1nc(C)cc(N)n1. The summed E-state index contributed by atoms with van der Waals surface area (Å²) in [6.07, 6.45) is -0.104. The van der Waals surface area contributed by atoms with Crippen molar-refractivity contribution >= 4 is 5.82 Å². The zero-order valence-corrected chi connectivity index (χ0v) is 7.53. The standard InChI is InChI=1S/C8H13N3O/c1-5-4-7(9)11-8(10-5)6(2)12-3/h4,6H,1-3H3,(H2,9,10,11)/t6-/m1/s1. The Balaban J connectivity index is 3.00. The number of rotatable bonds is 2. The second kappa shape index (κ2) is 3.49. The van der Waals surface area contributed by atoms with E-state index in [-0.39, 0.29) is 6.10 Å². The molecule has 0 bridgehead atoms. The molecule has 0 aliphatic rings. The van der Waals surface area contributed by atoms with Crippen molar-refractivity contribution in [3.05, 3.63) is 17.6 Å². The third-order valence-electron chi connectivity index (χ3n) is 1.61. The van der Waals surface area contributed by atoms with Gasteiger partial charge in [0.1, 0.15) is 11.9 Å². The van der Waals surface area contributed by atoms with Crippen LogP contribution in [0.2, 0.25) is 0 Å². The molecular weight excluding hydrogens is 154 g/mol. The molecule has 1 aromatic heterocycles. The summed E-state index contributed by atoms with van der Waals surface area (Å²) in [6, 6.07) is 1.73. The van der Waals surface area contributed by atoms with Crippen molar-refractivity contribution in [1.29, 1.82) is 0 Å². The zero-order chi connectivity index (χ0) is 9.14. The third kappa shape index (κ3) is 1.92. The lowest BCUT2D eigenvalue weighted by molar-refractivity contribution is 0.112. The summed E-state index contributed by atoms with van der Waals surface area (Å²) in [5.41, 5.74) is 6.41. The first kappa shape index (κ1) is 8.93. The second-order valence-corrected chi connectivity index (χ2v) is 2.67. The molecular formula is C8H13N3O. The van der Waals surface area contributed by atoms with Crippen molar-refractivity contribution in [2.75, 3.05) is 12.8 Å². The number of hydrogen-bond acceptors (Lipinski definition) is 4. The van der Waals surface area contributed by atoms with Gasteiger partial charge in [0.2, 0.25) is 0 Å². The molecule has 0 saturated heterocycles. The van der Waals surface area contributed by atoms with E-state index in [9.17, 15) is 0 Å². The number of nitrogens with zero attached hydrogens (tertiary/aromatic N) is 2. The van der Waals surface area contributed by atoms with Crippen LogP contribution in [0.25, 0.3) is 0 Å². The van der Waals surface area contributed by atoms with E-state index in [2.05, 4.69) is 9.97 Å². The topological polar surface area (TPSA) is 61.0 Å². The molecule has 12 heavy (non-hydrogen) atoms. The predicted octanol–water partition coefficient (Wildman–Crippen LogP) is 1.07. The first-order valence-electron chi connectivity index (χ1n) is 3.77. The molecule has 0 amide bonds. The maximum Gasteiger partial charge on any atom is 0.159 e. The van der Waals surface area contributed by atoms with Gasteiger partial charge in [-0.25, -0.2) is 9.97 Å². The van der Waals surface area contributed by atoms with E-state index in [0.717, 1.165) is 5.69 Å². The van der Waals surface area contributed by atoms with E-state index in [1.54, 1.807) is 13.2 Å². The van der Waals surface area contributed by atoms with Crippen LogP contribution in [0.15, 0.2) is 6.07 Å². The van der Waals surface area contributed by atoms with Crippen molar-refractivity contribution in [2.24, 2.45) is 0 Å². The number of hydrogen-bond donors (Lipinski definition) is 1. The van der Waals surface area contributed by atoms with E-state index in [0.29, 0.717) is 11.6 Å². The molecule has 0 radical (unpaired) electrons. The van der Waals surface area contributed by atoms with Crippen molar-refractivity contribution < 1.29 is 4.74 Å². The molecule has 0 aromatic carbocycles. The molecule has 0 aliphatic heterocycles. The monoisotopic (exact) mass is 167 g/mol. The van der Waals surface area contributed by atoms with Gasteiger partial charge in [0.05, 0.1) is 0 Å². The number of anilines is 1. The summed E-state index contributed by atoms with van der Waals surface area (Å²) in [4.78, 5) is 8.24.